The predicted octanol–water partition coefficient (Wildman–Crippen LogP) is 2.29. The number of carbonyl (C=O) groups is 1. The summed E-state index contributed by atoms with van der Waals surface area (Å²) in [7, 11) is 1.62. The molecule has 80 valence electrons. The second-order valence-corrected chi connectivity index (χ2v) is 4.04. The van der Waals surface area contributed by atoms with E-state index in [1.807, 2.05) is 24.3 Å². The van der Waals surface area contributed by atoms with Crippen LogP contribution in [-0.4, -0.2) is 13.0 Å². The van der Waals surface area contributed by atoms with Crippen LogP contribution in [-0.2, 0) is 4.79 Å². The summed E-state index contributed by atoms with van der Waals surface area (Å²) in [5, 5.41) is 2.89. The van der Waals surface area contributed by atoms with Crippen molar-refractivity contribution in [1.29, 1.82) is 0 Å². The van der Waals surface area contributed by atoms with Crippen molar-refractivity contribution in [1.82, 2.24) is 0 Å². The Bertz CT molecular complexity index is 358. The van der Waals surface area contributed by atoms with Gasteiger partial charge in [0.2, 0.25) is 5.91 Å². The molecule has 0 aliphatic heterocycles. The maximum atomic E-state index is 11.6. The van der Waals surface area contributed by atoms with E-state index in [4.69, 9.17) is 4.74 Å². The summed E-state index contributed by atoms with van der Waals surface area (Å²) in [4.78, 5) is 11.6. The normalized spacial score (nSPS) is 23.3. The minimum atomic E-state index is 0.132. The first-order valence-corrected chi connectivity index (χ1v) is 5.15. The molecule has 1 aromatic rings. The first kappa shape index (κ1) is 10.0. The fourth-order valence-electron chi connectivity index (χ4n) is 1.60. The van der Waals surface area contributed by atoms with Crippen molar-refractivity contribution < 1.29 is 9.53 Å². The highest BCUT2D eigenvalue weighted by Crippen LogP contribution is 2.38. The van der Waals surface area contributed by atoms with Crippen molar-refractivity contribution in [3.8, 4) is 5.75 Å². The summed E-state index contributed by atoms with van der Waals surface area (Å²) < 4.78 is 5.04. The Morgan fingerprint density at radius 1 is 1.40 bits per heavy atom. The summed E-state index contributed by atoms with van der Waals surface area (Å²) in [5.41, 5.74) is 0.833. The Labute approximate surface area is 89.4 Å². The van der Waals surface area contributed by atoms with Crippen LogP contribution in [0.25, 0.3) is 0 Å². The quantitative estimate of drug-likeness (QED) is 0.822. The lowest BCUT2D eigenvalue weighted by Crippen LogP contribution is -2.14. The van der Waals surface area contributed by atoms with Crippen LogP contribution >= 0.6 is 0 Å². The van der Waals surface area contributed by atoms with Crippen LogP contribution in [0.3, 0.4) is 0 Å². The summed E-state index contributed by atoms with van der Waals surface area (Å²) in [6.07, 6.45) is 1.02. The van der Waals surface area contributed by atoms with Crippen molar-refractivity contribution in [2.75, 3.05) is 12.4 Å². The molecule has 1 saturated carbocycles. The van der Waals surface area contributed by atoms with Crippen molar-refractivity contribution >= 4 is 11.6 Å². The van der Waals surface area contributed by atoms with Crippen molar-refractivity contribution in [2.45, 2.75) is 13.3 Å². The number of hydrogen-bond acceptors (Lipinski definition) is 2. The molecule has 15 heavy (non-hydrogen) atoms. The van der Waals surface area contributed by atoms with Gasteiger partial charge in [-0.2, -0.15) is 0 Å². The zero-order chi connectivity index (χ0) is 10.8. The highest BCUT2D eigenvalue weighted by atomic mass is 16.5. The lowest BCUT2D eigenvalue weighted by Gasteiger charge is -2.05. The Balaban J connectivity index is 1.95. The second kappa shape index (κ2) is 3.93. The first-order valence-electron chi connectivity index (χ1n) is 5.15. The molecule has 0 heterocycles. The molecule has 3 nitrogen and oxygen atoms in total. The van der Waals surface area contributed by atoms with Gasteiger partial charge in [-0.3, -0.25) is 4.79 Å². The van der Waals surface area contributed by atoms with Crippen LogP contribution < -0.4 is 10.1 Å². The number of nitrogens with one attached hydrogen (secondary N) is 1. The number of amides is 1. The van der Waals surface area contributed by atoms with E-state index in [1.165, 1.54) is 0 Å². The number of rotatable bonds is 3. The molecule has 0 bridgehead atoms. The van der Waals surface area contributed by atoms with Gasteiger partial charge in [-0.05, 0) is 36.6 Å². The SMILES string of the molecule is COc1ccc(NC(=O)[C@H]2C[C@H]2C)cc1. The Hall–Kier alpha value is -1.51. The summed E-state index contributed by atoms with van der Waals surface area (Å²) in [6, 6.07) is 7.38. The molecule has 0 spiro atoms. The number of hydrogen-bond donors (Lipinski definition) is 1. The van der Waals surface area contributed by atoms with Gasteiger partial charge in [-0.15, -0.1) is 0 Å². The molecule has 1 amide bonds. The molecular formula is C12H15NO2. The van der Waals surface area contributed by atoms with E-state index in [9.17, 15) is 4.79 Å². The Morgan fingerprint density at radius 2 is 2.00 bits per heavy atom. The molecule has 3 heteroatoms. The van der Waals surface area contributed by atoms with E-state index in [-0.39, 0.29) is 11.8 Å². The molecule has 1 fully saturated rings. The van der Waals surface area contributed by atoms with Gasteiger partial charge in [0.05, 0.1) is 7.11 Å². The maximum Gasteiger partial charge on any atom is 0.227 e. The van der Waals surface area contributed by atoms with Crippen LogP contribution in [0.4, 0.5) is 5.69 Å². The molecular weight excluding hydrogens is 190 g/mol. The van der Waals surface area contributed by atoms with Crippen LogP contribution in [0.2, 0.25) is 0 Å². The molecule has 0 unspecified atom stereocenters. The number of carbonyl (C=O) groups excluding carboxylic acids is 1. The third kappa shape index (κ3) is 2.29. The van der Waals surface area contributed by atoms with E-state index in [1.54, 1.807) is 7.11 Å². The fourth-order valence-corrected chi connectivity index (χ4v) is 1.60. The third-order valence-electron chi connectivity index (χ3n) is 2.80. The van der Waals surface area contributed by atoms with E-state index < -0.39 is 0 Å². The lowest BCUT2D eigenvalue weighted by molar-refractivity contribution is -0.117. The van der Waals surface area contributed by atoms with E-state index in [0.717, 1.165) is 17.9 Å². The van der Waals surface area contributed by atoms with E-state index in [2.05, 4.69) is 12.2 Å². The van der Waals surface area contributed by atoms with Crippen molar-refractivity contribution in [3.05, 3.63) is 24.3 Å². The van der Waals surface area contributed by atoms with E-state index >= 15 is 0 Å². The number of ether oxygens (including phenoxy) is 1. The van der Waals surface area contributed by atoms with Gasteiger partial charge in [-0.25, -0.2) is 0 Å². The topological polar surface area (TPSA) is 38.3 Å². The van der Waals surface area contributed by atoms with Gasteiger partial charge in [0.15, 0.2) is 0 Å². The van der Waals surface area contributed by atoms with Gasteiger partial charge in [0.25, 0.3) is 0 Å². The standard InChI is InChI=1S/C12H15NO2/c1-8-7-11(8)12(14)13-9-3-5-10(15-2)6-4-9/h3-6,8,11H,7H2,1-2H3,(H,13,14)/t8-,11+/m1/s1. The average molecular weight is 205 g/mol. The fraction of sp³-hybridized carbons (Fsp3) is 0.417. The summed E-state index contributed by atoms with van der Waals surface area (Å²) in [5.74, 6) is 1.69. The van der Waals surface area contributed by atoms with Crippen LogP contribution in [0.1, 0.15) is 13.3 Å². The van der Waals surface area contributed by atoms with Gasteiger partial charge >= 0.3 is 0 Å². The molecule has 2 atom stereocenters. The predicted molar refractivity (Wildman–Crippen MR) is 58.9 cm³/mol. The highest BCUT2D eigenvalue weighted by molar-refractivity contribution is 5.94. The van der Waals surface area contributed by atoms with Gasteiger partial charge in [0, 0.05) is 11.6 Å². The molecule has 1 aromatic carbocycles. The largest absolute Gasteiger partial charge is 0.497 e. The summed E-state index contributed by atoms with van der Waals surface area (Å²) >= 11 is 0. The van der Waals surface area contributed by atoms with Gasteiger partial charge in [0.1, 0.15) is 5.75 Å². The molecule has 1 aliphatic carbocycles. The highest BCUT2D eigenvalue weighted by Gasteiger charge is 2.38. The number of benzene rings is 1. The maximum absolute atomic E-state index is 11.6. The molecule has 1 N–H and O–H groups in total. The smallest absolute Gasteiger partial charge is 0.227 e. The van der Waals surface area contributed by atoms with Crippen molar-refractivity contribution in [2.24, 2.45) is 11.8 Å². The third-order valence-corrected chi connectivity index (χ3v) is 2.80. The second-order valence-electron chi connectivity index (χ2n) is 4.04. The lowest BCUT2D eigenvalue weighted by atomic mass is 10.2. The Kier molecular flexibility index (Phi) is 2.62. The van der Waals surface area contributed by atoms with Crippen LogP contribution in [0, 0.1) is 11.8 Å². The number of methoxy groups -OCH3 is 1. The van der Waals surface area contributed by atoms with Gasteiger partial charge < -0.3 is 10.1 Å². The molecule has 0 radical (unpaired) electrons. The number of anilines is 1. The minimum Gasteiger partial charge on any atom is -0.497 e. The minimum absolute atomic E-state index is 0.132. The average Bonchev–Trinajstić information content (AvgIpc) is 2.97. The van der Waals surface area contributed by atoms with E-state index in [0.29, 0.717) is 5.92 Å². The zero-order valence-electron chi connectivity index (χ0n) is 8.99. The van der Waals surface area contributed by atoms with Crippen LogP contribution in [0.5, 0.6) is 5.75 Å². The van der Waals surface area contributed by atoms with Crippen LogP contribution in [0.15, 0.2) is 24.3 Å². The molecule has 1 aliphatic rings. The molecule has 0 aromatic heterocycles. The van der Waals surface area contributed by atoms with Crippen molar-refractivity contribution in [3.63, 3.8) is 0 Å². The first-order chi connectivity index (χ1) is 7.20. The monoisotopic (exact) mass is 205 g/mol. The Morgan fingerprint density at radius 3 is 2.47 bits per heavy atom. The molecule has 2 rings (SSSR count). The van der Waals surface area contributed by atoms with Gasteiger partial charge in [-0.1, -0.05) is 6.92 Å². The molecule has 0 saturated heterocycles. The zero-order valence-corrected chi connectivity index (χ0v) is 8.99. The summed E-state index contributed by atoms with van der Waals surface area (Å²) in [6.45, 7) is 2.10.